The SMILES string of the molecule is C=CC(=O)N1CCOc2c1ccc1ncnc(NCC(=O)O)c21. The number of fused-ring (bicyclic) bond motifs is 3. The van der Waals surface area contributed by atoms with E-state index in [0.29, 0.717) is 41.3 Å². The molecule has 3 rings (SSSR count). The summed E-state index contributed by atoms with van der Waals surface area (Å²) < 4.78 is 5.71. The monoisotopic (exact) mass is 314 g/mol. The minimum absolute atomic E-state index is 0.231. The Bertz CT molecular complexity index is 805. The second-order valence-electron chi connectivity index (χ2n) is 4.82. The topological polar surface area (TPSA) is 105 Å². The zero-order valence-electron chi connectivity index (χ0n) is 12.2. The molecule has 8 heteroatoms. The first-order chi connectivity index (χ1) is 11.1. The summed E-state index contributed by atoms with van der Waals surface area (Å²) >= 11 is 0. The van der Waals surface area contributed by atoms with Crippen LogP contribution in [-0.4, -0.2) is 46.6 Å². The van der Waals surface area contributed by atoms with Crippen LogP contribution in [0.1, 0.15) is 0 Å². The van der Waals surface area contributed by atoms with Gasteiger partial charge in [-0.15, -0.1) is 0 Å². The van der Waals surface area contributed by atoms with Gasteiger partial charge in [-0.2, -0.15) is 0 Å². The maximum absolute atomic E-state index is 12.0. The van der Waals surface area contributed by atoms with E-state index in [1.54, 1.807) is 17.0 Å². The number of nitrogens with one attached hydrogen (secondary N) is 1. The lowest BCUT2D eigenvalue weighted by molar-refractivity contribution is -0.135. The standard InChI is InChI=1S/C15H14N4O4/c1-2-11(20)19-5-6-23-14-10(19)4-3-9-13(14)15(18-8-17-9)16-7-12(21)22/h2-4,8H,1,5-7H2,(H,21,22)(H,16,17,18). The van der Waals surface area contributed by atoms with E-state index in [1.165, 1.54) is 12.4 Å². The molecule has 1 aliphatic heterocycles. The summed E-state index contributed by atoms with van der Waals surface area (Å²) in [5.41, 5.74) is 1.18. The normalized spacial score (nSPS) is 13.1. The molecule has 0 aliphatic carbocycles. The van der Waals surface area contributed by atoms with E-state index < -0.39 is 5.97 Å². The molecule has 0 fully saturated rings. The molecule has 0 unspecified atom stereocenters. The molecular weight excluding hydrogens is 300 g/mol. The number of carboxylic acid groups (broad SMARTS) is 1. The molecule has 1 amide bonds. The van der Waals surface area contributed by atoms with Crippen molar-refractivity contribution in [2.75, 3.05) is 29.9 Å². The molecule has 0 radical (unpaired) electrons. The van der Waals surface area contributed by atoms with Gasteiger partial charge >= 0.3 is 5.97 Å². The highest BCUT2D eigenvalue weighted by Crippen LogP contribution is 2.40. The lowest BCUT2D eigenvalue weighted by Gasteiger charge is -2.29. The molecular formula is C15H14N4O4. The molecule has 0 bridgehead atoms. The van der Waals surface area contributed by atoms with Crippen molar-refractivity contribution in [1.29, 1.82) is 0 Å². The number of benzene rings is 1. The summed E-state index contributed by atoms with van der Waals surface area (Å²) in [7, 11) is 0. The molecule has 1 aromatic heterocycles. The molecule has 0 saturated carbocycles. The molecule has 0 spiro atoms. The quantitative estimate of drug-likeness (QED) is 0.812. The summed E-state index contributed by atoms with van der Waals surface area (Å²) in [4.78, 5) is 32.6. The third-order valence-corrected chi connectivity index (χ3v) is 3.44. The largest absolute Gasteiger partial charge is 0.489 e. The van der Waals surface area contributed by atoms with E-state index in [2.05, 4.69) is 21.9 Å². The van der Waals surface area contributed by atoms with Gasteiger partial charge in [-0.3, -0.25) is 9.59 Å². The third kappa shape index (κ3) is 2.66. The van der Waals surface area contributed by atoms with Crippen molar-refractivity contribution in [1.82, 2.24) is 9.97 Å². The second kappa shape index (κ2) is 5.91. The number of aromatic nitrogens is 2. The number of rotatable bonds is 4. The number of hydrogen-bond donors (Lipinski definition) is 2. The Hall–Kier alpha value is -3.16. The van der Waals surface area contributed by atoms with Crippen molar-refractivity contribution >= 4 is 34.3 Å². The van der Waals surface area contributed by atoms with Gasteiger partial charge in [0.05, 0.1) is 23.1 Å². The van der Waals surface area contributed by atoms with E-state index in [0.717, 1.165) is 0 Å². The zero-order valence-corrected chi connectivity index (χ0v) is 12.2. The molecule has 2 heterocycles. The molecule has 0 atom stereocenters. The number of amides is 1. The molecule has 1 aromatic carbocycles. The Balaban J connectivity index is 2.15. The molecule has 23 heavy (non-hydrogen) atoms. The summed E-state index contributed by atoms with van der Waals surface area (Å²) in [6, 6.07) is 3.48. The van der Waals surface area contributed by atoms with Gasteiger partial charge in [0.1, 0.15) is 25.3 Å². The van der Waals surface area contributed by atoms with Crippen LogP contribution in [0.15, 0.2) is 31.1 Å². The van der Waals surface area contributed by atoms with Crippen LogP contribution in [0.2, 0.25) is 0 Å². The number of carbonyl (C=O) groups excluding carboxylic acids is 1. The van der Waals surface area contributed by atoms with Crippen LogP contribution in [0.25, 0.3) is 10.9 Å². The summed E-state index contributed by atoms with van der Waals surface area (Å²) in [6.45, 7) is 3.95. The van der Waals surface area contributed by atoms with Gasteiger partial charge in [0.15, 0.2) is 5.75 Å². The predicted octanol–water partition coefficient (Wildman–Crippen LogP) is 1.04. The van der Waals surface area contributed by atoms with Crippen molar-refractivity contribution < 1.29 is 19.4 Å². The average molecular weight is 314 g/mol. The van der Waals surface area contributed by atoms with Crippen LogP contribution in [0.5, 0.6) is 5.75 Å². The minimum atomic E-state index is -1.01. The minimum Gasteiger partial charge on any atom is -0.489 e. The Morgan fingerprint density at radius 2 is 2.26 bits per heavy atom. The lowest BCUT2D eigenvalue weighted by atomic mass is 10.1. The summed E-state index contributed by atoms with van der Waals surface area (Å²) in [5.74, 6) is -0.434. The Morgan fingerprint density at radius 1 is 1.43 bits per heavy atom. The second-order valence-corrected chi connectivity index (χ2v) is 4.82. The first-order valence-corrected chi connectivity index (χ1v) is 6.92. The van der Waals surface area contributed by atoms with E-state index >= 15 is 0 Å². The van der Waals surface area contributed by atoms with Crippen LogP contribution in [-0.2, 0) is 9.59 Å². The van der Waals surface area contributed by atoms with Crippen LogP contribution < -0.4 is 15.0 Å². The van der Waals surface area contributed by atoms with E-state index in [9.17, 15) is 9.59 Å². The number of aliphatic carboxylic acids is 1. The Labute approximate surface area is 131 Å². The summed E-state index contributed by atoms with van der Waals surface area (Å²) in [6.07, 6.45) is 2.58. The van der Waals surface area contributed by atoms with Gasteiger partial charge in [0, 0.05) is 0 Å². The fourth-order valence-electron chi connectivity index (χ4n) is 2.46. The molecule has 0 saturated heterocycles. The number of hydrogen-bond acceptors (Lipinski definition) is 6. The van der Waals surface area contributed by atoms with Gasteiger partial charge in [0.2, 0.25) is 0 Å². The number of carbonyl (C=O) groups is 2. The molecule has 2 N–H and O–H groups in total. The molecule has 2 aromatic rings. The van der Waals surface area contributed by atoms with Crippen molar-refractivity contribution in [2.45, 2.75) is 0 Å². The molecule has 118 valence electrons. The van der Waals surface area contributed by atoms with Crippen molar-refractivity contribution in [3.8, 4) is 5.75 Å². The van der Waals surface area contributed by atoms with Crippen LogP contribution >= 0.6 is 0 Å². The van der Waals surface area contributed by atoms with Gasteiger partial charge in [-0.1, -0.05) is 6.58 Å². The maximum atomic E-state index is 12.0. The maximum Gasteiger partial charge on any atom is 0.322 e. The van der Waals surface area contributed by atoms with Gasteiger partial charge < -0.3 is 20.1 Å². The number of nitrogens with zero attached hydrogens (tertiary/aromatic N) is 3. The van der Waals surface area contributed by atoms with E-state index in [4.69, 9.17) is 9.84 Å². The third-order valence-electron chi connectivity index (χ3n) is 3.44. The highest BCUT2D eigenvalue weighted by atomic mass is 16.5. The van der Waals surface area contributed by atoms with Crippen molar-refractivity contribution in [3.63, 3.8) is 0 Å². The molecule has 8 nitrogen and oxygen atoms in total. The first kappa shape index (κ1) is 14.8. The van der Waals surface area contributed by atoms with Crippen LogP contribution in [0, 0.1) is 0 Å². The predicted molar refractivity (Wildman–Crippen MR) is 83.7 cm³/mol. The van der Waals surface area contributed by atoms with E-state index in [-0.39, 0.29) is 12.5 Å². The van der Waals surface area contributed by atoms with Gasteiger partial charge in [0.25, 0.3) is 5.91 Å². The highest BCUT2D eigenvalue weighted by molar-refractivity contribution is 6.07. The highest BCUT2D eigenvalue weighted by Gasteiger charge is 2.25. The number of carboxylic acids is 1. The zero-order chi connectivity index (χ0) is 16.4. The van der Waals surface area contributed by atoms with Crippen molar-refractivity contribution in [2.24, 2.45) is 0 Å². The smallest absolute Gasteiger partial charge is 0.322 e. The number of ether oxygens (including phenoxy) is 1. The Kier molecular flexibility index (Phi) is 3.80. The fourth-order valence-corrected chi connectivity index (χ4v) is 2.46. The summed E-state index contributed by atoms with van der Waals surface area (Å²) in [5, 5.41) is 12.1. The van der Waals surface area contributed by atoms with Gasteiger partial charge in [-0.05, 0) is 18.2 Å². The first-order valence-electron chi connectivity index (χ1n) is 6.92. The lowest BCUT2D eigenvalue weighted by Crippen LogP contribution is -2.36. The van der Waals surface area contributed by atoms with Crippen LogP contribution in [0.4, 0.5) is 11.5 Å². The number of anilines is 2. The van der Waals surface area contributed by atoms with Crippen molar-refractivity contribution in [3.05, 3.63) is 31.1 Å². The Morgan fingerprint density at radius 3 is 3.00 bits per heavy atom. The molecule has 1 aliphatic rings. The van der Waals surface area contributed by atoms with Gasteiger partial charge in [-0.25, -0.2) is 9.97 Å². The fraction of sp³-hybridized carbons (Fsp3) is 0.200. The van der Waals surface area contributed by atoms with E-state index in [1.807, 2.05) is 0 Å². The van der Waals surface area contributed by atoms with Crippen LogP contribution in [0.3, 0.4) is 0 Å². The average Bonchev–Trinajstić information content (AvgIpc) is 2.58.